The van der Waals surface area contributed by atoms with Crippen LogP contribution in [-0.4, -0.2) is 25.7 Å². The molecule has 0 aliphatic rings. The molecule has 0 saturated heterocycles. The summed E-state index contributed by atoms with van der Waals surface area (Å²) < 4.78 is 10.6. The van der Waals surface area contributed by atoms with Crippen molar-refractivity contribution < 1.29 is 9.47 Å². The van der Waals surface area contributed by atoms with Crippen LogP contribution in [0.3, 0.4) is 0 Å². The summed E-state index contributed by atoms with van der Waals surface area (Å²) in [4.78, 5) is 4.30. The normalized spacial score (nSPS) is 12.0. The third-order valence-corrected chi connectivity index (χ3v) is 3.35. The number of pyridine rings is 1. The zero-order chi connectivity index (χ0) is 15.1. The Bertz CT molecular complexity index is 555. The molecule has 1 aromatic heterocycles. The monoisotopic (exact) mass is 286 g/mol. The van der Waals surface area contributed by atoms with Crippen LogP contribution < -0.4 is 14.8 Å². The largest absolute Gasteiger partial charge is 0.497 e. The van der Waals surface area contributed by atoms with Crippen LogP contribution in [0.25, 0.3) is 0 Å². The van der Waals surface area contributed by atoms with E-state index in [0.29, 0.717) is 5.88 Å². The van der Waals surface area contributed by atoms with Gasteiger partial charge < -0.3 is 14.8 Å². The molecule has 1 aromatic carbocycles. The van der Waals surface area contributed by atoms with E-state index in [4.69, 9.17) is 9.47 Å². The molecule has 2 aromatic rings. The van der Waals surface area contributed by atoms with E-state index < -0.39 is 0 Å². The van der Waals surface area contributed by atoms with Crippen LogP contribution in [0.1, 0.15) is 30.5 Å². The highest BCUT2D eigenvalue weighted by Crippen LogP contribution is 2.29. The molecule has 0 saturated carbocycles. The van der Waals surface area contributed by atoms with Gasteiger partial charge in [0.2, 0.25) is 5.88 Å². The number of aromatic nitrogens is 1. The number of benzene rings is 1. The van der Waals surface area contributed by atoms with Crippen molar-refractivity contribution in [3.8, 4) is 11.6 Å². The lowest BCUT2D eigenvalue weighted by atomic mass is 9.99. The van der Waals surface area contributed by atoms with E-state index in [1.165, 1.54) is 0 Å². The second-order valence-corrected chi connectivity index (χ2v) is 4.76. The Morgan fingerprint density at radius 1 is 1.10 bits per heavy atom. The molecule has 1 N–H and O–H groups in total. The summed E-state index contributed by atoms with van der Waals surface area (Å²) in [5.41, 5.74) is 2.20. The lowest BCUT2D eigenvalue weighted by Crippen LogP contribution is -2.23. The van der Waals surface area contributed by atoms with Gasteiger partial charge in [0.25, 0.3) is 0 Å². The van der Waals surface area contributed by atoms with Crippen molar-refractivity contribution in [3.63, 3.8) is 0 Å². The van der Waals surface area contributed by atoms with Gasteiger partial charge in [0.05, 0.1) is 20.3 Å². The highest BCUT2D eigenvalue weighted by atomic mass is 16.5. The first kappa shape index (κ1) is 15.3. The van der Waals surface area contributed by atoms with Crippen molar-refractivity contribution in [2.24, 2.45) is 0 Å². The number of hydrogen-bond acceptors (Lipinski definition) is 4. The lowest BCUT2D eigenvalue weighted by Gasteiger charge is -2.21. The molecule has 0 radical (unpaired) electrons. The SMILES string of the molecule is CCCNC(c1ccc(OC)cc1)c1cccnc1OC. The number of methoxy groups -OCH3 is 2. The summed E-state index contributed by atoms with van der Waals surface area (Å²) in [5.74, 6) is 1.51. The maximum Gasteiger partial charge on any atom is 0.218 e. The zero-order valence-corrected chi connectivity index (χ0v) is 12.8. The topological polar surface area (TPSA) is 43.4 Å². The highest BCUT2D eigenvalue weighted by Gasteiger charge is 2.18. The summed E-state index contributed by atoms with van der Waals surface area (Å²) >= 11 is 0. The van der Waals surface area contributed by atoms with Crippen LogP contribution >= 0.6 is 0 Å². The summed E-state index contributed by atoms with van der Waals surface area (Å²) in [6.45, 7) is 3.08. The average molecular weight is 286 g/mol. The molecule has 0 fully saturated rings. The Morgan fingerprint density at radius 3 is 2.48 bits per heavy atom. The van der Waals surface area contributed by atoms with Gasteiger partial charge in [0.1, 0.15) is 5.75 Å². The molecule has 1 heterocycles. The Morgan fingerprint density at radius 2 is 1.86 bits per heavy atom. The van der Waals surface area contributed by atoms with Crippen molar-refractivity contribution in [1.29, 1.82) is 0 Å². The minimum atomic E-state index is 0.0551. The Labute approximate surface area is 126 Å². The minimum Gasteiger partial charge on any atom is -0.497 e. The lowest BCUT2D eigenvalue weighted by molar-refractivity contribution is 0.386. The minimum absolute atomic E-state index is 0.0551. The van der Waals surface area contributed by atoms with E-state index in [2.05, 4.69) is 29.4 Å². The number of ether oxygens (including phenoxy) is 2. The van der Waals surface area contributed by atoms with Crippen LogP contribution in [0.15, 0.2) is 42.6 Å². The first-order valence-electron chi connectivity index (χ1n) is 7.16. The van der Waals surface area contributed by atoms with Crippen LogP contribution in [0.5, 0.6) is 11.6 Å². The van der Waals surface area contributed by atoms with Crippen molar-refractivity contribution in [2.45, 2.75) is 19.4 Å². The van der Waals surface area contributed by atoms with E-state index in [9.17, 15) is 0 Å². The molecule has 0 aliphatic heterocycles. The summed E-state index contributed by atoms with van der Waals surface area (Å²) in [6.07, 6.45) is 2.81. The molecule has 0 spiro atoms. The first-order chi connectivity index (χ1) is 10.3. The Kier molecular flexibility index (Phi) is 5.58. The molecule has 21 heavy (non-hydrogen) atoms. The van der Waals surface area contributed by atoms with Gasteiger partial charge >= 0.3 is 0 Å². The van der Waals surface area contributed by atoms with Crippen LogP contribution in [0, 0.1) is 0 Å². The van der Waals surface area contributed by atoms with Gasteiger partial charge in [-0.15, -0.1) is 0 Å². The molecule has 4 heteroatoms. The molecular weight excluding hydrogens is 264 g/mol. The second kappa shape index (κ2) is 7.64. The van der Waals surface area contributed by atoms with Gasteiger partial charge in [-0.3, -0.25) is 0 Å². The maximum absolute atomic E-state index is 5.40. The van der Waals surface area contributed by atoms with Gasteiger partial charge in [-0.2, -0.15) is 0 Å². The third kappa shape index (κ3) is 3.73. The highest BCUT2D eigenvalue weighted by molar-refractivity contribution is 5.39. The van der Waals surface area contributed by atoms with Crippen molar-refractivity contribution in [3.05, 3.63) is 53.7 Å². The summed E-state index contributed by atoms with van der Waals surface area (Å²) in [7, 11) is 3.32. The number of rotatable bonds is 7. The molecule has 1 unspecified atom stereocenters. The summed E-state index contributed by atoms with van der Waals surface area (Å²) in [5, 5.41) is 3.55. The molecule has 1 atom stereocenters. The fourth-order valence-electron chi connectivity index (χ4n) is 2.29. The van der Waals surface area contributed by atoms with E-state index >= 15 is 0 Å². The molecule has 112 valence electrons. The standard InChI is InChI=1S/C17H22N2O2/c1-4-11-18-16(13-7-9-14(20-2)10-8-13)15-6-5-12-19-17(15)21-3/h5-10,12,16,18H,4,11H2,1-3H3. The Hall–Kier alpha value is -2.07. The molecule has 0 amide bonds. The van der Waals surface area contributed by atoms with E-state index in [1.54, 1.807) is 20.4 Å². The van der Waals surface area contributed by atoms with Gasteiger partial charge in [-0.1, -0.05) is 25.1 Å². The van der Waals surface area contributed by atoms with Crippen LogP contribution in [0.4, 0.5) is 0 Å². The summed E-state index contributed by atoms with van der Waals surface area (Å²) in [6, 6.07) is 12.1. The van der Waals surface area contributed by atoms with Gasteiger partial charge in [0, 0.05) is 11.8 Å². The van der Waals surface area contributed by atoms with Crippen LogP contribution in [-0.2, 0) is 0 Å². The smallest absolute Gasteiger partial charge is 0.218 e. The molecule has 0 aliphatic carbocycles. The van der Waals surface area contributed by atoms with Gasteiger partial charge in [-0.25, -0.2) is 4.98 Å². The predicted molar refractivity (Wildman–Crippen MR) is 83.9 cm³/mol. The Balaban J connectivity index is 2.36. The average Bonchev–Trinajstić information content (AvgIpc) is 2.56. The van der Waals surface area contributed by atoms with Crippen molar-refractivity contribution >= 4 is 0 Å². The quantitative estimate of drug-likeness (QED) is 0.849. The fraction of sp³-hybridized carbons (Fsp3) is 0.353. The van der Waals surface area contributed by atoms with Crippen molar-refractivity contribution in [2.75, 3.05) is 20.8 Å². The van der Waals surface area contributed by atoms with E-state index in [-0.39, 0.29) is 6.04 Å². The maximum atomic E-state index is 5.40. The van der Waals surface area contributed by atoms with Gasteiger partial charge in [-0.05, 0) is 36.7 Å². The van der Waals surface area contributed by atoms with Gasteiger partial charge in [0.15, 0.2) is 0 Å². The van der Waals surface area contributed by atoms with E-state index in [0.717, 1.165) is 29.8 Å². The predicted octanol–water partition coefficient (Wildman–Crippen LogP) is 3.19. The second-order valence-electron chi connectivity index (χ2n) is 4.76. The number of hydrogen-bond donors (Lipinski definition) is 1. The third-order valence-electron chi connectivity index (χ3n) is 3.35. The molecule has 4 nitrogen and oxygen atoms in total. The van der Waals surface area contributed by atoms with Crippen LogP contribution in [0.2, 0.25) is 0 Å². The molecule has 0 bridgehead atoms. The van der Waals surface area contributed by atoms with E-state index in [1.807, 2.05) is 24.3 Å². The zero-order valence-electron chi connectivity index (χ0n) is 12.8. The molecular formula is C17H22N2O2. The molecule has 2 rings (SSSR count). The fourth-order valence-corrected chi connectivity index (χ4v) is 2.29. The first-order valence-corrected chi connectivity index (χ1v) is 7.16. The number of nitrogens with zero attached hydrogens (tertiary/aromatic N) is 1. The number of nitrogens with one attached hydrogen (secondary N) is 1. The van der Waals surface area contributed by atoms with Crippen molar-refractivity contribution in [1.82, 2.24) is 10.3 Å².